The minimum Gasteiger partial charge on any atom is -0.492 e. The lowest BCUT2D eigenvalue weighted by atomic mass is 10.1. The van der Waals surface area contributed by atoms with Gasteiger partial charge in [-0.1, -0.05) is 42.6 Å². The van der Waals surface area contributed by atoms with Gasteiger partial charge in [0.05, 0.1) is 17.4 Å². The molecule has 0 N–H and O–H groups in total. The predicted molar refractivity (Wildman–Crippen MR) is 80.0 cm³/mol. The van der Waals surface area contributed by atoms with Crippen molar-refractivity contribution in [3.63, 3.8) is 0 Å². The van der Waals surface area contributed by atoms with E-state index < -0.39 is 9.05 Å². The Balaban J connectivity index is 2.68. The van der Waals surface area contributed by atoms with Gasteiger partial charge >= 0.3 is 0 Å². The Labute approximate surface area is 128 Å². The normalized spacial score (nSPS) is 13.3. The molecule has 3 nitrogen and oxygen atoms in total. The van der Waals surface area contributed by atoms with Crippen molar-refractivity contribution in [3.05, 3.63) is 28.2 Å². The Hall–Kier alpha value is -0.160. The molecule has 0 aromatic heterocycles. The van der Waals surface area contributed by atoms with Gasteiger partial charge in [-0.3, -0.25) is 0 Å². The molecule has 0 amide bonds. The van der Waals surface area contributed by atoms with E-state index in [2.05, 4.69) is 0 Å². The molecule has 1 atom stereocenters. The van der Waals surface area contributed by atoms with Crippen LogP contribution in [0.25, 0.3) is 0 Å². The Kier molecular flexibility index (Phi) is 6.74. The average molecular weight is 346 g/mol. The topological polar surface area (TPSA) is 43.4 Å². The number of ether oxygens (including phenoxy) is 1. The van der Waals surface area contributed by atoms with E-state index in [9.17, 15) is 8.42 Å². The van der Waals surface area contributed by atoms with Crippen molar-refractivity contribution in [2.45, 2.75) is 19.8 Å². The standard InChI is InChI=1S/C12H15Cl3O3S/c1-2-4-9(8-19(15,16)17)7-18-11-6-3-5-10(13)12(11)14/h3,5-6,9H,2,4,7-8H2,1H3. The minimum absolute atomic E-state index is 0.111. The maximum absolute atomic E-state index is 11.1. The van der Waals surface area contributed by atoms with Crippen molar-refractivity contribution in [1.82, 2.24) is 0 Å². The van der Waals surface area contributed by atoms with E-state index in [0.717, 1.165) is 6.42 Å². The molecule has 0 bridgehead atoms. The van der Waals surface area contributed by atoms with Gasteiger partial charge in [0.2, 0.25) is 9.05 Å². The van der Waals surface area contributed by atoms with Crippen LogP contribution in [0.5, 0.6) is 5.75 Å². The molecule has 0 fully saturated rings. The zero-order valence-corrected chi connectivity index (χ0v) is 13.5. The third-order valence-electron chi connectivity index (χ3n) is 2.52. The summed E-state index contributed by atoms with van der Waals surface area (Å²) in [5.41, 5.74) is 0. The van der Waals surface area contributed by atoms with Gasteiger partial charge < -0.3 is 4.74 Å². The Bertz CT molecular complexity index is 517. The first kappa shape index (κ1) is 16.9. The highest BCUT2D eigenvalue weighted by atomic mass is 35.7. The summed E-state index contributed by atoms with van der Waals surface area (Å²) < 4.78 is 27.8. The molecule has 0 heterocycles. The van der Waals surface area contributed by atoms with E-state index in [-0.39, 0.29) is 18.3 Å². The zero-order valence-electron chi connectivity index (χ0n) is 10.4. The van der Waals surface area contributed by atoms with E-state index in [1.54, 1.807) is 18.2 Å². The maximum Gasteiger partial charge on any atom is 0.232 e. The van der Waals surface area contributed by atoms with Gasteiger partial charge in [-0.2, -0.15) is 0 Å². The van der Waals surface area contributed by atoms with E-state index in [4.69, 9.17) is 38.6 Å². The summed E-state index contributed by atoms with van der Waals surface area (Å²) in [5, 5.41) is 0.726. The van der Waals surface area contributed by atoms with Gasteiger partial charge in [0.15, 0.2) is 0 Å². The first-order chi connectivity index (χ1) is 8.83. The first-order valence-corrected chi connectivity index (χ1v) is 9.06. The van der Waals surface area contributed by atoms with Crippen LogP contribution in [-0.2, 0) is 9.05 Å². The van der Waals surface area contributed by atoms with Crippen LogP contribution in [0.3, 0.4) is 0 Å². The number of hydrogen-bond acceptors (Lipinski definition) is 3. The largest absolute Gasteiger partial charge is 0.492 e. The molecule has 0 aliphatic heterocycles. The minimum atomic E-state index is -3.54. The lowest BCUT2D eigenvalue weighted by Gasteiger charge is -2.16. The van der Waals surface area contributed by atoms with E-state index in [1.807, 2.05) is 6.92 Å². The summed E-state index contributed by atoms with van der Waals surface area (Å²) in [5.74, 6) is 0.172. The molecule has 1 aromatic rings. The van der Waals surface area contributed by atoms with Gasteiger partial charge in [-0.25, -0.2) is 8.42 Å². The lowest BCUT2D eigenvalue weighted by Crippen LogP contribution is -2.19. The lowest BCUT2D eigenvalue weighted by molar-refractivity contribution is 0.253. The smallest absolute Gasteiger partial charge is 0.232 e. The molecular formula is C12H15Cl3O3S. The number of halogens is 3. The van der Waals surface area contributed by atoms with Crippen LogP contribution in [0.2, 0.25) is 10.0 Å². The molecule has 7 heteroatoms. The Morgan fingerprint density at radius 1 is 1.32 bits per heavy atom. The number of rotatable bonds is 7. The average Bonchev–Trinajstić information content (AvgIpc) is 2.29. The molecular weight excluding hydrogens is 331 g/mol. The van der Waals surface area contributed by atoms with Gasteiger partial charge in [0.1, 0.15) is 10.8 Å². The highest BCUT2D eigenvalue weighted by molar-refractivity contribution is 8.13. The molecule has 19 heavy (non-hydrogen) atoms. The van der Waals surface area contributed by atoms with Gasteiger partial charge in [0, 0.05) is 16.6 Å². The maximum atomic E-state index is 11.1. The molecule has 1 rings (SSSR count). The monoisotopic (exact) mass is 344 g/mol. The van der Waals surface area contributed by atoms with Crippen LogP contribution in [0.15, 0.2) is 18.2 Å². The fraction of sp³-hybridized carbons (Fsp3) is 0.500. The molecule has 0 aliphatic rings. The number of hydrogen-bond donors (Lipinski definition) is 0. The summed E-state index contributed by atoms with van der Waals surface area (Å²) in [6, 6.07) is 5.06. The van der Waals surface area contributed by atoms with Crippen LogP contribution in [0.4, 0.5) is 0 Å². The van der Waals surface area contributed by atoms with E-state index in [1.165, 1.54) is 0 Å². The fourth-order valence-electron chi connectivity index (χ4n) is 1.71. The summed E-state index contributed by atoms with van der Waals surface area (Å²) >= 11 is 11.9. The molecule has 1 unspecified atom stereocenters. The van der Waals surface area contributed by atoms with Gasteiger partial charge in [-0.05, 0) is 18.6 Å². The zero-order chi connectivity index (χ0) is 14.5. The summed E-state index contributed by atoms with van der Waals surface area (Å²) in [4.78, 5) is 0. The molecule has 0 saturated heterocycles. The fourth-order valence-corrected chi connectivity index (χ4v) is 3.41. The first-order valence-electron chi connectivity index (χ1n) is 5.82. The molecule has 0 aliphatic carbocycles. The van der Waals surface area contributed by atoms with E-state index >= 15 is 0 Å². The van der Waals surface area contributed by atoms with Crippen LogP contribution in [0.1, 0.15) is 19.8 Å². The molecule has 1 aromatic carbocycles. The van der Waals surface area contributed by atoms with Crippen molar-refractivity contribution in [2.75, 3.05) is 12.4 Å². The van der Waals surface area contributed by atoms with Crippen molar-refractivity contribution < 1.29 is 13.2 Å². The van der Waals surface area contributed by atoms with Crippen molar-refractivity contribution in [1.29, 1.82) is 0 Å². The molecule has 0 saturated carbocycles. The van der Waals surface area contributed by atoms with Crippen LogP contribution >= 0.6 is 33.9 Å². The second-order valence-corrected chi connectivity index (χ2v) is 7.83. The Morgan fingerprint density at radius 2 is 2.00 bits per heavy atom. The van der Waals surface area contributed by atoms with Gasteiger partial charge in [-0.15, -0.1) is 0 Å². The predicted octanol–water partition coefficient (Wildman–Crippen LogP) is 4.36. The molecule has 0 spiro atoms. The van der Waals surface area contributed by atoms with Crippen molar-refractivity contribution >= 4 is 42.9 Å². The Morgan fingerprint density at radius 3 is 2.58 bits per heavy atom. The quantitative estimate of drug-likeness (QED) is 0.690. The second-order valence-electron chi connectivity index (χ2n) is 4.22. The SMILES string of the molecule is CCCC(COc1cccc(Cl)c1Cl)CS(=O)(=O)Cl. The third kappa shape index (κ3) is 6.21. The van der Waals surface area contributed by atoms with Crippen LogP contribution < -0.4 is 4.74 Å². The highest BCUT2D eigenvalue weighted by Gasteiger charge is 2.18. The summed E-state index contributed by atoms with van der Waals surface area (Å²) in [6.07, 6.45) is 1.56. The van der Waals surface area contributed by atoms with Crippen LogP contribution in [0, 0.1) is 5.92 Å². The third-order valence-corrected chi connectivity index (χ3v) is 4.57. The van der Waals surface area contributed by atoms with Crippen molar-refractivity contribution in [3.8, 4) is 5.75 Å². The van der Waals surface area contributed by atoms with Gasteiger partial charge in [0.25, 0.3) is 0 Å². The summed E-state index contributed by atoms with van der Waals surface area (Å²) in [7, 11) is 1.74. The second kappa shape index (κ2) is 7.58. The van der Waals surface area contributed by atoms with Crippen molar-refractivity contribution in [2.24, 2.45) is 5.92 Å². The van der Waals surface area contributed by atoms with E-state index in [0.29, 0.717) is 22.2 Å². The molecule has 0 radical (unpaired) electrons. The number of benzene rings is 1. The van der Waals surface area contributed by atoms with Crippen LogP contribution in [-0.4, -0.2) is 20.8 Å². The highest BCUT2D eigenvalue weighted by Crippen LogP contribution is 2.32. The summed E-state index contributed by atoms with van der Waals surface area (Å²) in [6.45, 7) is 2.21. The molecule has 108 valence electrons.